The molecule has 1 unspecified atom stereocenters. The molecule has 2 N–H and O–H groups in total. The molecule has 160 valence electrons. The molecule has 1 aliphatic heterocycles. The molecule has 1 aromatic heterocycles. The van der Waals surface area contributed by atoms with E-state index < -0.39 is 0 Å². The molecule has 1 saturated heterocycles. The van der Waals surface area contributed by atoms with Gasteiger partial charge in [0.15, 0.2) is 5.96 Å². The first kappa shape index (κ1) is 24.9. The molecule has 1 fully saturated rings. The topological polar surface area (TPSA) is 71.0 Å². The van der Waals surface area contributed by atoms with Crippen molar-refractivity contribution in [1.82, 2.24) is 20.5 Å². The summed E-state index contributed by atoms with van der Waals surface area (Å²) in [5, 5.41) is 6.72. The molecular formula is C20H36IN5O2. The van der Waals surface area contributed by atoms with E-state index in [-0.39, 0.29) is 24.0 Å². The molecule has 0 aliphatic carbocycles. The van der Waals surface area contributed by atoms with Gasteiger partial charge in [0.1, 0.15) is 6.61 Å². The van der Waals surface area contributed by atoms with E-state index in [1.54, 1.807) is 14.2 Å². The number of hydrogen-bond acceptors (Lipinski definition) is 5. The zero-order valence-electron chi connectivity index (χ0n) is 17.4. The standard InChI is InChI=1S/C20H35N5O2.HI/c1-17-7-4-5-11-25(17)12-6-10-22-20(21-2)24-16-18-8-9-19(23-15-18)27-14-13-26-3;/h8-9,15,17H,4-7,10-14,16H2,1-3H3,(H2,21,22,24);1H. The largest absolute Gasteiger partial charge is 0.475 e. The quantitative estimate of drug-likeness (QED) is 0.221. The lowest BCUT2D eigenvalue weighted by Crippen LogP contribution is -2.41. The minimum atomic E-state index is 0. The summed E-state index contributed by atoms with van der Waals surface area (Å²) >= 11 is 0. The predicted molar refractivity (Wildman–Crippen MR) is 125 cm³/mol. The van der Waals surface area contributed by atoms with E-state index in [1.807, 2.05) is 18.3 Å². The second kappa shape index (κ2) is 14.8. The number of likely N-dealkylation sites (tertiary alicyclic amines) is 1. The summed E-state index contributed by atoms with van der Waals surface area (Å²) in [6.07, 6.45) is 6.99. The number of methoxy groups -OCH3 is 1. The zero-order chi connectivity index (χ0) is 19.3. The van der Waals surface area contributed by atoms with Crippen LogP contribution >= 0.6 is 24.0 Å². The summed E-state index contributed by atoms with van der Waals surface area (Å²) in [7, 11) is 3.45. The molecule has 1 atom stereocenters. The zero-order valence-corrected chi connectivity index (χ0v) is 19.8. The number of nitrogens with one attached hydrogen (secondary N) is 2. The number of aliphatic imine (C=N–C) groups is 1. The highest BCUT2D eigenvalue weighted by molar-refractivity contribution is 14.0. The molecule has 0 bridgehead atoms. The van der Waals surface area contributed by atoms with Gasteiger partial charge in [0.25, 0.3) is 0 Å². The van der Waals surface area contributed by atoms with Crippen molar-refractivity contribution in [3.05, 3.63) is 23.9 Å². The van der Waals surface area contributed by atoms with E-state index in [0.29, 0.717) is 25.6 Å². The molecule has 7 nitrogen and oxygen atoms in total. The number of aromatic nitrogens is 1. The third-order valence-corrected chi connectivity index (χ3v) is 4.87. The summed E-state index contributed by atoms with van der Waals surface area (Å²) in [6, 6.07) is 4.61. The molecule has 1 aliphatic rings. The minimum absolute atomic E-state index is 0. The first-order valence-corrected chi connectivity index (χ1v) is 9.98. The Hall–Kier alpha value is -1.13. The van der Waals surface area contributed by atoms with Crippen molar-refractivity contribution in [2.24, 2.45) is 4.99 Å². The highest BCUT2D eigenvalue weighted by Crippen LogP contribution is 2.16. The smallest absolute Gasteiger partial charge is 0.213 e. The molecular weight excluding hydrogens is 469 g/mol. The van der Waals surface area contributed by atoms with Crippen LogP contribution in [0, 0.1) is 0 Å². The maximum absolute atomic E-state index is 5.47. The Morgan fingerprint density at radius 3 is 2.82 bits per heavy atom. The van der Waals surface area contributed by atoms with Gasteiger partial charge >= 0.3 is 0 Å². The summed E-state index contributed by atoms with van der Waals surface area (Å²) < 4.78 is 10.4. The summed E-state index contributed by atoms with van der Waals surface area (Å²) in [5.74, 6) is 1.44. The molecule has 2 heterocycles. The van der Waals surface area contributed by atoms with Crippen LogP contribution in [0.3, 0.4) is 0 Å². The average molecular weight is 505 g/mol. The Morgan fingerprint density at radius 1 is 1.29 bits per heavy atom. The monoisotopic (exact) mass is 505 g/mol. The van der Waals surface area contributed by atoms with Gasteiger partial charge in [0.05, 0.1) is 6.61 Å². The molecule has 0 amide bonds. The van der Waals surface area contributed by atoms with Crippen molar-refractivity contribution in [2.75, 3.05) is 47.0 Å². The highest BCUT2D eigenvalue weighted by Gasteiger charge is 2.17. The van der Waals surface area contributed by atoms with E-state index in [4.69, 9.17) is 9.47 Å². The van der Waals surface area contributed by atoms with Crippen molar-refractivity contribution in [2.45, 2.75) is 45.2 Å². The summed E-state index contributed by atoms with van der Waals surface area (Å²) in [4.78, 5) is 11.2. The number of halogens is 1. The summed E-state index contributed by atoms with van der Waals surface area (Å²) in [6.45, 7) is 7.40. The molecule has 0 spiro atoms. The number of ether oxygens (including phenoxy) is 2. The Labute approximate surface area is 186 Å². The lowest BCUT2D eigenvalue weighted by atomic mass is 10.0. The Morgan fingerprint density at radius 2 is 2.14 bits per heavy atom. The van der Waals surface area contributed by atoms with E-state index in [1.165, 1.54) is 25.8 Å². The Balaban J connectivity index is 0.00000392. The fourth-order valence-electron chi connectivity index (χ4n) is 3.22. The second-order valence-corrected chi connectivity index (χ2v) is 6.93. The maximum Gasteiger partial charge on any atom is 0.213 e. The van der Waals surface area contributed by atoms with E-state index >= 15 is 0 Å². The molecule has 0 aromatic carbocycles. The van der Waals surface area contributed by atoms with Crippen molar-refractivity contribution in [3.63, 3.8) is 0 Å². The normalized spacial score (nSPS) is 17.7. The van der Waals surface area contributed by atoms with Gasteiger partial charge in [-0.25, -0.2) is 4.98 Å². The average Bonchev–Trinajstić information content (AvgIpc) is 2.70. The van der Waals surface area contributed by atoms with Gasteiger partial charge < -0.3 is 25.0 Å². The van der Waals surface area contributed by atoms with Crippen molar-refractivity contribution >= 4 is 29.9 Å². The van der Waals surface area contributed by atoms with Crippen LogP contribution in [0.1, 0.15) is 38.2 Å². The first-order chi connectivity index (χ1) is 13.2. The third kappa shape index (κ3) is 9.38. The molecule has 28 heavy (non-hydrogen) atoms. The van der Waals surface area contributed by atoms with Gasteiger partial charge in [0.2, 0.25) is 5.88 Å². The Kier molecular flexibility index (Phi) is 13.2. The second-order valence-electron chi connectivity index (χ2n) is 6.93. The van der Waals surface area contributed by atoms with Gasteiger partial charge in [-0.1, -0.05) is 12.5 Å². The van der Waals surface area contributed by atoms with Gasteiger partial charge in [0, 0.05) is 52.1 Å². The molecule has 2 rings (SSSR count). The van der Waals surface area contributed by atoms with Gasteiger partial charge in [-0.2, -0.15) is 0 Å². The van der Waals surface area contributed by atoms with Gasteiger partial charge in [-0.05, 0) is 38.3 Å². The number of pyridine rings is 1. The lowest BCUT2D eigenvalue weighted by molar-refractivity contribution is 0.143. The van der Waals surface area contributed by atoms with E-state index in [9.17, 15) is 0 Å². The number of rotatable bonds is 10. The van der Waals surface area contributed by atoms with E-state index in [0.717, 1.165) is 37.1 Å². The fourth-order valence-corrected chi connectivity index (χ4v) is 3.22. The SMILES string of the molecule is CN=C(NCCCN1CCCCC1C)NCc1ccc(OCCOC)nc1.I. The number of guanidine groups is 1. The number of hydrogen-bond donors (Lipinski definition) is 2. The first-order valence-electron chi connectivity index (χ1n) is 9.98. The van der Waals surface area contributed by atoms with Gasteiger partial charge in [-0.3, -0.25) is 4.99 Å². The van der Waals surface area contributed by atoms with Crippen molar-refractivity contribution < 1.29 is 9.47 Å². The van der Waals surface area contributed by atoms with Crippen LogP contribution in [-0.4, -0.2) is 68.9 Å². The third-order valence-electron chi connectivity index (χ3n) is 4.87. The van der Waals surface area contributed by atoms with Crippen LogP contribution in [0.25, 0.3) is 0 Å². The fraction of sp³-hybridized carbons (Fsp3) is 0.700. The summed E-state index contributed by atoms with van der Waals surface area (Å²) in [5.41, 5.74) is 1.08. The molecule has 0 radical (unpaired) electrons. The van der Waals surface area contributed by atoms with Crippen LogP contribution in [0.5, 0.6) is 5.88 Å². The lowest BCUT2D eigenvalue weighted by Gasteiger charge is -2.33. The van der Waals surface area contributed by atoms with E-state index in [2.05, 4.69) is 32.4 Å². The minimum Gasteiger partial charge on any atom is -0.475 e. The maximum atomic E-state index is 5.47. The van der Waals surface area contributed by atoms with Crippen LogP contribution < -0.4 is 15.4 Å². The predicted octanol–water partition coefficient (Wildman–Crippen LogP) is 2.65. The highest BCUT2D eigenvalue weighted by atomic mass is 127. The van der Waals surface area contributed by atoms with Crippen LogP contribution in [0.2, 0.25) is 0 Å². The van der Waals surface area contributed by atoms with Crippen molar-refractivity contribution in [3.8, 4) is 5.88 Å². The van der Waals surface area contributed by atoms with Crippen LogP contribution in [-0.2, 0) is 11.3 Å². The Bertz CT molecular complexity index is 556. The van der Waals surface area contributed by atoms with Crippen LogP contribution in [0.4, 0.5) is 0 Å². The molecule has 8 heteroatoms. The van der Waals surface area contributed by atoms with Gasteiger partial charge in [-0.15, -0.1) is 24.0 Å². The van der Waals surface area contributed by atoms with Crippen molar-refractivity contribution in [1.29, 1.82) is 0 Å². The molecule has 1 aromatic rings. The molecule has 0 saturated carbocycles. The number of nitrogens with zero attached hydrogens (tertiary/aromatic N) is 3. The number of piperidine rings is 1. The van der Waals surface area contributed by atoms with Crippen LogP contribution in [0.15, 0.2) is 23.3 Å².